The molecule has 0 bridgehead atoms. The van der Waals surface area contributed by atoms with E-state index in [1.54, 1.807) is 11.3 Å². The average Bonchev–Trinajstić information content (AvgIpc) is 2.91. The van der Waals surface area contributed by atoms with Crippen molar-refractivity contribution in [3.05, 3.63) is 16.6 Å². The monoisotopic (exact) mass is 265 g/mol. The van der Waals surface area contributed by atoms with Gasteiger partial charge in [0.25, 0.3) is 0 Å². The summed E-state index contributed by atoms with van der Waals surface area (Å²) in [6.45, 7) is 7.30. The molecule has 0 spiro atoms. The quantitative estimate of drug-likeness (QED) is 0.837. The van der Waals surface area contributed by atoms with E-state index in [1.165, 1.54) is 50.2 Å². The molecule has 2 fully saturated rings. The average molecular weight is 265 g/mol. The van der Waals surface area contributed by atoms with Crippen molar-refractivity contribution in [2.45, 2.75) is 51.2 Å². The molecule has 4 heteroatoms. The van der Waals surface area contributed by atoms with E-state index in [2.05, 4.69) is 21.7 Å². The van der Waals surface area contributed by atoms with Crippen LogP contribution in [0.3, 0.4) is 0 Å². The predicted molar refractivity (Wildman–Crippen MR) is 75.8 cm³/mol. The van der Waals surface area contributed by atoms with E-state index in [9.17, 15) is 0 Å². The highest BCUT2D eigenvalue weighted by Crippen LogP contribution is 2.26. The number of rotatable bonds is 3. The van der Waals surface area contributed by atoms with Gasteiger partial charge in [-0.15, -0.1) is 11.3 Å². The highest BCUT2D eigenvalue weighted by molar-refractivity contribution is 7.09. The molecular formula is C14H23N3S. The molecule has 1 aromatic rings. The molecule has 0 aliphatic carbocycles. The third kappa shape index (κ3) is 2.60. The van der Waals surface area contributed by atoms with Crippen LogP contribution in [0.25, 0.3) is 0 Å². The van der Waals surface area contributed by atoms with Gasteiger partial charge in [0, 0.05) is 42.8 Å². The van der Waals surface area contributed by atoms with Crippen LogP contribution in [0.1, 0.15) is 37.5 Å². The van der Waals surface area contributed by atoms with Crippen LogP contribution in [0.5, 0.6) is 0 Å². The molecule has 2 saturated heterocycles. The second-order valence-electron chi connectivity index (χ2n) is 5.60. The molecule has 2 aliphatic heterocycles. The molecule has 2 aliphatic rings. The molecule has 3 nitrogen and oxygen atoms in total. The van der Waals surface area contributed by atoms with Crippen molar-refractivity contribution in [1.82, 2.24) is 14.8 Å². The van der Waals surface area contributed by atoms with Gasteiger partial charge in [0.15, 0.2) is 0 Å². The van der Waals surface area contributed by atoms with Crippen LogP contribution in [0.4, 0.5) is 0 Å². The van der Waals surface area contributed by atoms with Crippen LogP contribution < -0.4 is 0 Å². The number of thiazole rings is 1. The third-order valence-corrected chi connectivity index (χ3v) is 5.23. The summed E-state index contributed by atoms with van der Waals surface area (Å²) in [5, 5.41) is 0. The molecule has 2 unspecified atom stereocenters. The van der Waals surface area contributed by atoms with Gasteiger partial charge in [0.2, 0.25) is 0 Å². The van der Waals surface area contributed by atoms with Crippen molar-refractivity contribution < 1.29 is 0 Å². The maximum absolute atomic E-state index is 4.20. The molecule has 0 aromatic carbocycles. The first-order valence-electron chi connectivity index (χ1n) is 7.22. The minimum Gasteiger partial charge on any atom is -0.298 e. The van der Waals surface area contributed by atoms with Gasteiger partial charge in [0.1, 0.15) is 0 Å². The Kier molecular flexibility index (Phi) is 3.97. The number of piperazine rings is 1. The fourth-order valence-electron chi connectivity index (χ4n) is 3.41. The fourth-order valence-corrected chi connectivity index (χ4v) is 4.03. The smallest absolute Gasteiger partial charge is 0.0794 e. The third-order valence-electron chi connectivity index (χ3n) is 4.47. The molecule has 2 atom stereocenters. The number of fused-ring (bicyclic) bond motifs is 1. The largest absolute Gasteiger partial charge is 0.298 e. The van der Waals surface area contributed by atoms with Crippen LogP contribution in [0, 0.1) is 0 Å². The standard InChI is InChI=1S/C14H23N3S/c1-2-12-8-16-6-4-3-5-13(16)9-17(12)10-14-7-15-11-18-14/h7,11-13H,2-6,8-10H2,1H3. The zero-order chi connectivity index (χ0) is 12.4. The summed E-state index contributed by atoms with van der Waals surface area (Å²) in [5.74, 6) is 0. The second-order valence-corrected chi connectivity index (χ2v) is 6.57. The first-order valence-corrected chi connectivity index (χ1v) is 8.10. The number of hydrogen-bond donors (Lipinski definition) is 0. The Morgan fingerprint density at radius 3 is 3.11 bits per heavy atom. The molecule has 1 aromatic heterocycles. The van der Waals surface area contributed by atoms with Gasteiger partial charge in [-0.2, -0.15) is 0 Å². The topological polar surface area (TPSA) is 19.4 Å². The van der Waals surface area contributed by atoms with E-state index in [4.69, 9.17) is 0 Å². The zero-order valence-electron chi connectivity index (χ0n) is 11.2. The van der Waals surface area contributed by atoms with Gasteiger partial charge < -0.3 is 0 Å². The lowest BCUT2D eigenvalue weighted by Crippen LogP contribution is -2.58. The molecule has 0 amide bonds. The lowest BCUT2D eigenvalue weighted by molar-refractivity contribution is 0.00374. The van der Waals surface area contributed by atoms with Gasteiger partial charge >= 0.3 is 0 Å². The van der Waals surface area contributed by atoms with E-state index in [0.717, 1.165) is 18.6 Å². The SMILES string of the molecule is CCC1CN2CCCCC2CN1Cc1cncs1. The summed E-state index contributed by atoms with van der Waals surface area (Å²) in [6.07, 6.45) is 7.52. The minimum absolute atomic E-state index is 0.737. The van der Waals surface area contributed by atoms with Gasteiger partial charge in [0.05, 0.1) is 5.51 Å². The van der Waals surface area contributed by atoms with Crippen LogP contribution in [0.2, 0.25) is 0 Å². The highest BCUT2D eigenvalue weighted by Gasteiger charge is 2.34. The van der Waals surface area contributed by atoms with Crippen LogP contribution in [-0.2, 0) is 6.54 Å². The molecular weight excluding hydrogens is 242 g/mol. The Labute approximate surface area is 114 Å². The van der Waals surface area contributed by atoms with Crippen molar-refractivity contribution in [2.75, 3.05) is 19.6 Å². The van der Waals surface area contributed by atoms with E-state index in [0.29, 0.717) is 0 Å². The van der Waals surface area contributed by atoms with Crippen LogP contribution in [-0.4, -0.2) is 46.5 Å². The zero-order valence-corrected chi connectivity index (χ0v) is 12.0. The van der Waals surface area contributed by atoms with E-state index in [-0.39, 0.29) is 0 Å². The summed E-state index contributed by atoms with van der Waals surface area (Å²) >= 11 is 1.79. The molecule has 3 heterocycles. The summed E-state index contributed by atoms with van der Waals surface area (Å²) in [6, 6.07) is 1.55. The Bertz CT molecular complexity index is 365. The number of hydrogen-bond acceptors (Lipinski definition) is 4. The second kappa shape index (κ2) is 5.68. The van der Waals surface area contributed by atoms with E-state index < -0.39 is 0 Å². The normalized spacial score (nSPS) is 30.3. The van der Waals surface area contributed by atoms with Crippen molar-refractivity contribution in [3.8, 4) is 0 Å². The highest BCUT2D eigenvalue weighted by atomic mass is 32.1. The van der Waals surface area contributed by atoms with Crippen molar-refractivity contribution in [3.63, 3.8) is 0 Å². The maximum Gasteiger partial charge on any atom is 0.0794 e. The molecule has 100 valence electrons. The van der Waals surface area contributed by atoms with Crippen molar-refractivity contribution in [2.24, 2.45) is 0 Å². The number of piperidine rings is 1. The number of aromatic nitrogens is 1. The Morgan fingerprint density at radius 2 is 2.33 bits per heavy atom. The van der Waals surface area contributed by atoms with Gasteiger partial charge in [-0.05, 0) is 25.8 Å². The summed E-state index contributed by atoms with van der Waals surface area (Å²) in [5.41, 5.74) is 1.95. The summed E-state index contributed by atoms with van der Waals surface area (Å²) < 4.78 is 0. The van der Waals surface area contributed by atoms with Gasteiger partial charge in [-0.1, -0.05) is 13.3 Å². The van der Waals surface area contributed by atoms with Gasteiger partial charge in [-0.25, -0.2) is 0 Å². The van der Waals surface area contributed by atoms with Gasteiger partial charge in [-0.3, -0.25) is 14.8 Å². The lowest BCUT2D eigenvalue weighted by Gasteiger charge is -2.48. The van der Waals surface area contributed by atoms with E-state index in [1.807, 2.05) is 11.7 Å². The van der Waals surface area contributed by atoms with E-state index >= 15 is 0 Å². The van der Waals surface area contributed by atoms with Crippen LogP contribution >= 0.6 is 11.3 Å². The summed E-state index contributed by atoms with van der Waals surface area (Å²) in [4.78, 5) is 11.0. The Balaban J connectivity index is 1.68. The first kappa shape index (κ1) is 12.6. The minimum atomic E-state index is 0.737. The molecule has 18 heavy (non-hydrogen) atoms. The van der Waals surface area contributed by atoms with Crippen molar-refractivity contribution >= 4 is 11.3 Å². The maximum atomic E-state index is 4.20. The molecule has 0 radical (unpaired) electrons. The molecule has 0 N–H and O–H groups in total. The predicted octanol–water partition coefficient (Wildman–Crippen LogP) is 2.59. The van der Waals surface area contributed by atoms with Crippen LogP contribution in [0.15, 0.2) is 11.7 Å². The number of nitrogens with zero attached hydrogens (tertiary/aromatic N) is 3. The Hall–Kier alpha value is -0.450. The molecule has 3 rings (SSSR count). The fraction of sp³-hybridized carbons (Fsp3) is 0.786. The molecule has 0 saturated carbocycles. The summed E-state index contributed by atoms with van der Waals surface area (Å²) in [7, 11) is 0. The lowest BCUT2D eigenvalue weighted by atomic mass is 9.96. The van der Waals surface area contributed by atoms with Crippen molar-refractivity contribution in [1.29, 1.82) is 0 Å². The first-order chi connectivity index (χ1) is 8.86. The Morgan fingerprint density at radius 1 is 1.39 bits per heavy atom.